The first-order chi connectivity index (χ1) is 15.6. The maximum atomic E-state index is 13.0. The molecule has 4 rings (SSSR count). The van der Waals surface area contributed by atoms with Gasteiger partial charge in [-0.25, -0.2) is 15.2 Å². The number of nitrogens with one attached hydrogen (secondary N) is 2. The van der Waals surface area contributed by atoms with Crippen LogP contribution in [-0.2, 0) is 17.9 Å². The molecule has 0 spiro atoms. The normalized spacial score (nSPS) is 10.5. The SMILES string of the molecule is COc1cccc(Cn2cnc3ccc(NNC(=O)OCc4ccccc4)cc3c2=O)c1. The van der Waals surface area contributed by atoms with E-state index < -0.39 is 6.09 Å². The quantitative estimate of drug-likeness (QED) is 0.434. The summed E-state index contributed by atoms with van der Waals surface area (Å²) >= 11 is 0. The number of methoxy groups -OCH3 is 1. The zero-order chi connectivity index (χ0) is 22.3. The van der Waals surface area contributed by atoms with Crippen LogP contribution in [-0.4, -0.2) is 22.8 Å². The second kappa shape index (κ2) is 9.65. The van der Waals surface area contributed by atoms with Gasteiger partial charge in [0.2, 0.25) is 0 Å². The van der Waals surface area contributed by atoms with Crippen molar-refractivity contribution in [2.75, 3.05) is 12.5 Å². The fourth-order valence-electron chi connectivity index (χ4n) is 3.20. The average Bonchev–Trinajstić information content (AvgIpc) is 2.84. The number of rotatable bonds is 7. The second-order valence-electron chi connectivity index (χ2n) is 7.07. The Balaban J connectivity index is 1.45. The van der Waals surface area contributed by atoms with Gasteiger partial charge in [-0.1, -0.05) is 42.5 Å². The maximum absolute atomic E-state index is 13.0. The molecular weight excluding hydrogens is 408 g/mol. The fraction of sp³-hybridized carbons (Fsp3) is 0.125. The molecule has 0 radical (unpaired) electrons. The predicted molar refractivity (Wildman–Crippen MR) is 121 cm³/mol. The van der Waals surface area contributed by atoms with E-state index >= 15 is 0 Å². The fourth-order valence-corrected chi connectivity index (χ4v) is 3.20. The third kappa shape index (κ3) is 5.04. The summed E-state index contributed by atoms with van der Waals surface area (Å²) in [5.41, 5.74) is 7.95. The summed E-state index contributed by atoms with van der Waals surface area (Å²) in [6, 6.07) is 22.0. The van der Waals surface area contributed by atoms with Gasteiger partial charge in [-0.15, -0.1) is 0 Å². The Bertz CT molecular complexity index is 1290. The topological polar surface area (TPSA) is 94.5 Å². The first-order valence-corrected chi connectivity index (χ1v) is 9.97. The molecule has 1 aromatic heterocycles. The first kappa shape index (κ1) is 20.9. The van der Waals surface area contributed by atoms with E-state index in [0.717, 1.165) is 16.9 Å². The summed E-state index contributed by atoms with van der Waals surface area (Å²) in [5.74, 6) is 0.723. The van der Waals surface area contributed by atoms with Crippen molar-refractivity contribution < 1.29 is 14.3 Å². The van der Waals surface area contributed by atoms with Crippen molar-refractivity contribution in [2.24, 2.45) is 0 Å². The van der Waals surface area contributed by atoms with Crippen molar-refractivity contribution in [2.45, 2.75) is 13.2 Å². The molecule has 8 nitrogen and oxygen atoms in total. The molecule has 0 aliphatic rings. The van der Waals surface area contributed by atoms with E-state index in [1.54, 1.807) is 25.3 Å². The molecule has 0 unspecified atom stereocenters. The van der Waals surface area contributed by atoms with Crippen LogP contribution in [0, 0.1) is 0 Å². The Morgan fingerprint density at radius 1 is 1.00 bits per heavy atom. The van der Waals surface area contributed by atoms with Crippen LogP contribution in [0.4, 0.5) is 10.5 Å². The molecule has 0 aliphatic heterocycles. The van der Waals surface area contributed by atoms with Crippen LogP contribution in [0.1, 0.15) is 11.1 Å². The maximum Gasteiger partial charge on any atom is 0.426 e. The lowest BCUT2D eigenvalue weighted by atomic mass is 10.2. The smallest absolute Gasteiger partial charge is 0.426 e. The van der Waals surface area contributed by atoms with E-state index in [9.17, 15) is 9.59 Å². The largest absolute Gasteiger partial charge is 0.497 e. The molecule has 162 valence electrons. The van der Waals surface area contributed by atoms with Gasteiger partial charge in [-0.05, 0) is 41.5 Å². The third-order valence-electron chi connectivity index (χ3n) is 4.83. The van der Waals surface area contributed by atoms with Gasteiger partial charge in [-0.2, -0.15) is 0 Å². The number of anilines is 1. The molecule has 0 saturated heterocycles. The van der Waals surface area contributed by atoms with Gasteiger partial charge < -0.3 is 9.47 Å². The predicted octanol–water partition coefficient (Wildman–Crippen LogP) is 3.71. The number of nitrogens with zero attached hydrogens (tertiary/aromatic N) is 2. The highest BCUT2D eigenvalue weighted by atomic mass is 16.6. The van der Waals surface area contributed by atoms with Crippen LogP contribution in [0.2, 0.25) is 0 Å². The number of aromatic nitrogens is 2. The highest BCUT2D eigenvalue weighted by molar-refractivity contribution is 5.82. The van der Waals surface area contributed by atoms with Crippen LogP contribution >= 0.6 is 0 Å². The van der Waals surface area contributed by atoms with Crippen molar-refractivity contribution in [1.29, 1.82) is 0 Å². The van der Waals surface area contributed by atoms with Crippen molar-refractivity contribution in [3.05, 3.63) is 101 Å². The lowest BCUT2D eigenvalue weighted by molar-refractivity contribution is 0.142. The minimum atomic E-state index is -0.629. The average molecular weight is 430 g/mol. The van der Waals surface area contributed by atoms with Crippen LogP contribution in [0.25, 0.3) is 10.9 Å². The Hall–Kier alpha value is -4.33. The minimum Gasteiger partial charge on any atom is -0.497 e. The zero-order valence-electron chi connectivity index (χ0n) is 17.4. The molecule has 2 N–H and O–H groups in total. The number of hydrogen-bond acceptors (Lipinski definition) is 6. The van der Waals surface area contributed by atoms with Gasteiger partial charge in [0.25, 0.3) is 5.56 Å². The summed E-state index contributed by atoms with van der Waals surface area (Å²) < 4.78 is 11.9. The summed E-state index contributed by atoms with van der Waals surface area (Å²) in [7, 11) is 1.60. The summed E-state index contributed by atoms with van der Waals surface area (Å²) in [4.78, 5) is 29.3. The first-order valence-electron chi connectivity index (χ1n) is 9.97. The molecule has 4 aromatic rings. The molecule has 32 heavy (non-hydrogen) atoms. The van der Waals surface area contributed by atoms with E-state index in [-0.39, 0.29) is 12.2 Å². The number of ether oxygens (including phenoxy) is 2. The Morgan fingerprint density at radius 2 is 1.81 bits per heavy atom. The molecule has 0 saturated carbocycles. The molecule has 0 atom stereocenters. The van der Waals surface area contributed by atoms with Crippen LogP contribution in [0.3, 0.4) is 0 Å². The lowest BCUT2D eigenvalue weighted by Crippen LogP contribution is -2.30. The second-order valence-corrected chi connectivity index (χ2v) is 7.07. The molecule has 0 fully saturated rings. The van der Waals surface area contributed by atoms with Gasteiger partial charge >= 0.3 is 6.09 Å². The van der Waals surface area contributed by atoms with E-state index in [0.29, 0.717) is 23.1 Å². The number of carbonyl (C=O) groups is 1. The van der Waals surface area contributed by atoms with Gasteiger partial charge in [-0.3, -0.25) is 14.8 Å². The molecule has 1 heterocycles. The van der Waals surface area contributed by atoms with E-state index in [4.69, 9.17) is 9.47 Å². The van der Waals surface area contributed by atoms with Gasteiger partial charge in [0.15, 0.2) is 0 Å². The Morgan fingerprint density at radius 3 is 2.62 bits per heavy atom. The summed E-state index contributed by atoms with van der Waals surface area (Å²) in [6.45, 7) is 0.520. The minimum absolute atomic E-state index is 0.158. The van der Waals surface area contributed by atoms with Crippen molar-refractivity contribution >= 4 is 22.7 Å². The molecule has 1 amide bonds. The van der Waals surface area contributed by atoms with E-state index in [2.05, 4.69) is 15.8 Å². The zero-order valence-corrected chi connectivity index (χ0v) is 17.4. The van der Waals surface area contributed by atoms with Crippen molar-refractivity contribution in [1.82, 2.24) is 15.0 Å². The molecule has 8 heteroatoms. The number of hydrogen-bond donors (Lipinski definition) is 2. The van der Waals surface area contributed by atoms with Crippen molar-refractivity contribution in [3.63, 3.8) is 0 Å². The molecular formula is C24H22N4O4. The Kier molecular flexibility index (Phi) is 6.31. The van der Waals surface area contributed by atoms with Crippen molar-refractivity contribution in [3.8, 4) is 5.75 Å². The number of amides is 1. The molecule has 0 bridgehead atoms. The number of carbonyl (C=O) groups excluding carboxylic acids is 1. The monoisotopic (exact) mass is 430 g/mol. The summed E-state index contributed by atoms with van der Waals surface area (Å²) in [6.07, 6.45) is 0.895. The Labute approximate surface area is 184 Å². The van der Waals surface area contributed by atoms with Gasteiger partial charge in [0.05, 0.1) is 36.6 Å². The van der Waals surface area contributed by atoms with Gasteiger partial charge in [0.1, 0.15) is 12.4 Å². The number of fused-ring (bicyclic) bond motifs is 1. The highest BCUT2D eigenvalue weighted by Crippen LogP contribution is 2.16. The van der Waals surface area contributed by atoms with Crippen LogP contribution < -0.4 is 21.1 Å². The number of hydrazine groups is 1. The highest BCUT2D eigenvalue weighted by Gasteiger charge is 2.08. The van der Waals surface area contributed by atoms with E-state index in [1.165, 1.54) is 10.9 Å². The van der Waals surface area contributed by atoms with Crippen LogP contribution in [0.5, 0.6) is 5.75 Å². The van der Waals surface area contributed by atoms with E-state index in [1.807, 2.05) is 54.6 Å². The standard InChI is InChI=1S/C24H22N4O4/c1-31-20-9-5-8-18(12-20)14-28-16-25-22-11-10-19(13-21(22)23(28)29)26-27-24(30)32-15-17-6-3-2-4-7-17/h2-13,16,26H,14-15H2,1H3,(H,27,30). The molecule has 3 aromatic carbocycles. The molecule has 0 aliphatic carbocycles. The number of benzene rings is 3. The van der Waals surface area contributed by atoms with Crippen LogP contribution in [0.15, 0.2) is 83.9 Å². The third-order valence-corrected chi connectivity index (χ3v) is 4.83. The summed E-state index contributed by atoms with van der Waals surface area (Å²) in [5, 5.41) is 0.430. The van der Waals surface area contributed by atoms with Gasteiger partial charge in [0, 0.05) is 0 Å². The lowest BCUT2D eigenvalue weighted by Gasteiger charge is -2.11.